The van der Waals surface area contributed by atoms with E-state index in [1.54, 1.807) is 0 Å². The number of ether oxygens (including phenoxy) is 2. The Morgan fingerprint density at radius 3 is 2.50 bits per heavy atom. The van der Waals surface area contributed by atoms with E-state index in [2.05, 4.69) is 11.9 Å². The van der Waals surface area contributed by atoms with Crippen LogP contribution in [0.25, 0.3) is 0 Å². The lowest BCUT2D eigenvalue weighted by Gasteiger charge is -2.13. The summed E-state index contributed by atoms with van der Waals surface area (Å²) in [5, 5.41) is 2.30. The Morgan fingerprint density at radius 2 is 2.00 bits per heavy atom. The Labute approximate surface area is 129 Å². The summed E-state index contributed by atoms with van der Waals surface area (Å²) in [6.45, 7) is 4.57. The maximum Gasteiger partial charge on any atom is 0.407 e. The Morgan fingerprint density at radius 1 is 1.36 bits per heavy atom. The molecule has 11 heteroatoms. The van der Waals surface area contributed by atoms with E-state index < -0.39 is 40.2 Å². The van der Waals surface area contributed by atoms with Crippen LogP contribution in [0.3, 0.4) is 0 Å². The van der Waals surface area contributed by atoms with Crippen molar-refractivity contribution in [2.75, 3.05) is 32.1 Å². The number of alkyl carbamates (subject to hydrolysis) is 1. The van der Waals surface area contributed by atoms with Crippen molar-refractivity contribution in [3.8, 4) is 0 Å². The van der Waals surface area contributed by atoms with Gasteiger partial charge < -0.3 is 24.6 Å². The summed E-state index contributed by atoms with van der Waals surface area (Å²) >= 11 is 0. The van der Waals surface area contributed by atoms with E-state index in [0.717, 1.165) is 0 Å². The molecule has 0 saturated heterocycles. The minimum Gasteiger partial charge on any atom is -0.460 e. The molecule has 0 aliphatic rings. The number of hydrogen-bond donors (Lipinski definition) is 3. The van der Waals surface area contributed by atoms with Gasteiger partial charge in [0.25, 0.3) is 0 Å². The van der Waals surface area contributed by atoms with Gasteiger partial charge in [-0.3, -0.25) is 4.57 Å². The highest BCUT2D eigenvalue weighted by Gasteiger charge is 2.25. The number of hydrogen-bond acceptors (Lipinski definition) is 6. The number of rotatable bonds is 10. The van der Waals surface area contributed by atoms with Gasteiger partial charge in [-0.1, -0.05) is 11.1 Å². The number of esters is 1. The van der Waals surface area contributed by atoms with Crippen LogP contribution in [0.15, 0.2) is 12.2 Å². The lowest BCUT2D eigenvalue weighted by molar-refractivity contribution is -0.138. The van der Waals surface area contributed by atoms with Crippen molar-refractivity contribution >= 4 is 28.1 Å². The summed E-state index contributed by atoms with van der Waals surface area (Å²) in [4.78, 5) is 40.1. The van der Waals surface area contributed by atoms with Crippen molar-refractivity contribution in [1.82, 2.24) is 5.32 Å². The minimum absolute atomic E-state index is 0.0182. The molecule has 0 aromatic carbocycles. The van der Waals surface area contributed by atoms with Gasteiger partial charge in [0.15, 0.2) is 6.16 Å². The third-order valence-electron chi connectivity index (χ3n) is 2.27. The third-order valence-corrected chi connectivity index (χ3v) is 4.01. The van der Waals surface area contributed by atoms with E-state index in [-0.39, 0.29) is 31.5 Å². The summed E-state index contributed by atoms with van der Waals surface area (Å²) in [6, 6.07) is 0. The van der Waals surface area contributed by atoms with Gasteiger partial charge in [0.1, 0.15) is 13.2 Å². The van der Waals surface area contributed by atoms with E-state index in [1.807, 2.05) is 0 Å². The second kappa shape index (κ2) is 10.5. The first-order chi connectivity index (χ1) is 10.2. The fourth-order valence-corrected chi connectivity index (χ4v) is 2.94. The van der Waals surface area contributed by atoms with Gasteiger partial charge in [0.05, 0.1) is 12.7 Å². The fraction of sp³-hybridized carbons (Fsp3) is 0.636. The Bertz CT molecular complexity index is 461. The highest BCUT2D eigenvalue weighted by Crippen LogP contribution is 2.37. The van der Waals surface area contributed by atoms with E-state index in [1.165, 1.54) is 6.92 Å². The lowest BCUT2D eigenvalue weighted by Crippen LogP contribution is -2.31. The zero-order valence-electron chi connectivity index (χ0n) is 12.1. The summed E-state index contributed by atoms with van der Waals surface area (Å²) in [5.74, 6) is -1.27. The molecule has 0 aromatic heterocycles. The standard InChI is InChI=1S/C11H19NO8P2/c1-8(2)10(13)19-4-3-12-11(14)20-5-9(6-21-15)7-22(16,17)18/h9H,1,3-7H2,2H3,(H,12,14)(H2,16,17,18)/p+1. The average Bonchev–Trinajstić information content (AvgIpc) is 2.39. The Balaban J connectivity index is 3.99. The molecule has 22 heavy (non-hydrogen) atoms. The summed E-state index contributed by atoms with van der Waals surface area (Å²) < 4.78 is 30.9. The second-order valence-corrected chi connectivity index (χ2v) is 6.89. The molecule has 126 valence electrons. The van der Waals surface area contributed by atoms with Gasteiger partial charge in [0.2, 0.25) is 0 Å². The van der Waals surface area contributed by atoms with Crippen LogP contribution in [0.5, 0.6) is 0 Å². The highest BCUT2D eigenvalue weighted by atomic mass is 31.2. The van der Waals surface area contributed by atoms with Crippen molar-refractivity contribution < 1.29 is 38.0 Å². The molecule has 0 radical (unpaired) electrons. The Hall–Kier alpha value is -1.27. The van der Waals surface area contributed by atoms with Crippen molar-refractivity contribution in [2.45, 2.75) is 6.92 Å². The van der Waals surface area contributed by atoms with Crippen LogP contribution in [-0.4, -0.2) is 53.9 Å². The quantitative estimate of drug-likeness (QED) is 0.224. The normalized spacial score (nSPS) is 12.5. The molecular weight excluding hydrogens is 336 g/mol. The van der Waals surface area contributed by atoms with Crippen LogP contribution < -0.4 is 5.32 Å². The maximum atomic E-state index is 11.3. The molecule has 0 spiro atoms. The SMILES string of the molecule is C=C(C)C(=O)OCCNC(=O)OCC(C[PH+]=O)CP(=O)(O)O. The second-order valence-electron chi connectivity index (χ2n) is 4.50. The largest absolute Gasteiger partial charge is 0.460 e. The predicted molar refractivity (Wildman–Crippen MR) is 79.4 cm³/mol. The molecule has 0 saturated carbocycles. The average molecular weight is 356 g/mol. The molecule has 9 nitrogen and oxygen atoms in total. The van der Waals surface area contributed by atoms with Gasteiger partial charge in [-0.2, -0.15) is 0 Å². The van der Waals surface area contributed by atoms with Crippen LogP contribution >= 0.6 is 16.1 Å². The molecule has 0 heterocycles. The lowest BCUT2D eigenvalue weighted by atomic mass is 10.2. The van der Waals surface area contributed by atoms with Crippen LogP contribution in [-0.2, 0) is 23.4 Å². The summed E-state index contributed by atoms with van der Waals surface area (Å²) in [6.07, 6.45) is -1.31. The molecule has 1 amide bonds. The highest BCUT2D eigenvalue weighted by molar-refractivity contribution is 7.51. The maximum absolute atomic E-state index is 11.3. The molecule has 2 atom stereocenters. The van der Waals surface area contributed by atoms with E-state index in [9.17, 15) is 18.7 Å². The van der Waals surface area contributed by atoms with Crippen molar-refractivity contribution in [3.05, 3.63) is 12.2 Å². The zero-order chi connectivity index (χ0) is 17.2. The molecule has 0 fully saturated rings. The number of nitrogens with one attached hydrogen (secondary N) is 1. The zero-order valence-corrected chi connectivity index (χ0v) is 14.0. The van der Waals surface area contributed by atoms with Gasteiger partial charge in [-0.05, 0) is 6.92 Å². The molecule has 0 aliphatic heterocycles. The van der Waals surface area contributed by atoms with Gasteiger partial charge in [-0.15, -0.1) is 0 Å². The minimum atomic E-state index is -4.27. The molecule has 0 aromatic rings. The van der Waals surface area contributed by atoms with Crippen LogP contribution in [0.4, 0.5) is 4.79 Å². The monoisotopic (exact) mass is 356 g/mol. The van der Waals surface area contributed by atoms with Crippen molar-refractivity contribution in [2.24, 2.45) is 5.92 Å². The van der Waals surface area contributed by atoms with Gasteiger partial charge >= 0.3 is 28.1 Å². The first-order valence-corrected chi connectivity index (χ1v) is 9.20. The van der Waals surface area contributed by atoms with Crippen molar-refractivity contribution in [3.63, 3.8) is 0 Å². The molecular formula is C11H20NO8P2+. The first kappa shape index (κ1) is 20.7. The topological polar surface area (TPSA) is 139 Å². The molecule has 0 aliphatic carbocycles. The summed E-state index contributed by atoms with van der Waals surface area (Å²) in [5.41, 5.74) is 0.237. The van der Waals surface area contributed by atoms with Crippen LogP contribution in [0, 0.1) is 5.92 Å². The first-order valence-electron chi connectivity index (χ1n) is 6.28. The third kappa shape index (κ3) is 11.4. The van der Waals surface area contributed by atoms with E-state index >= 15 is 0 Å². The number of amides is 1. The van der Waals surface area contributed by atoms with Crippen LogP contribution in [0.2, 0.25) is 0 Å². The van der Waals surface area contributed by atoms with Crippen molar-refractivity contribution in [1.29, 1.82) is 0 Å². The molecule has 0 rings (SSSR count). The van der Waals surface area contributed by atoms with E-state index in [4.69, 9.17) is 19.3 Å². The summed E-state index contributed by atoms with van der Waals surface area (Å²) in [7, 11) is -5.02. The number of carbonyl (C=O) groups excluding carboxylic acids is 2. The molecule has 3 N–H and O–H groups in total. The van der Waals surface area contributed by atoms with Crippen LogP contribution in [0.1, 0.15) is 6.92 Å². The van der Waals surface area contributed by atoms with E-state index in [0.29, 0.717) is 0 Å². The smallest absolute Gasteiger partial charge is 0.407 e. The molecule has 0 bridgehead atoms. The Kier molecular flexibility index (Phi) is 9.85. The van der Waals surface area contributed by atoms with Gasteiger partial charge in [0, 0.05) is 11.5 Å². The van der Waals surface area contributed by atoms with Gasteiger partial charge in [-0.25, -0.2) is 9.59 Å². The molecule has 2 unspecified atom stereocenters. The number of carbonyl (C=O) groups is 2. The fourth-order valence-electron chi connectivity index (χ4n) is 1.29. The predicted octanol–water partition coefficient (Wildman–Crippen LogP) is 0.650.